The molecule has 6 heteroatoms. The van der Waals surface area contributed by atoms with Crippen molar-refractivity contribution < 1.29 is 19.4 Å². The second kappa shape index (κ2) is 4.03. The standard InChI is InChI=1S/C6H14NO4P/c1-4(2)12(10,11)7-5(3)6(8)9/h4-5H,1-3H3,(H,8,9)(H2,7,10,11)/t5-/m0/s1. The number of nitrogens with one attached hydrogen (secondary N) is 1. The zero-order valence-electron chi connectivity index (χ0n) is 7.31. The molecule has 0 spiro atoms. The lowest BCUT2D eigenvalue weighted by atomic mass is 10.4. The van der Waals surface area contributed by atoms with E-state index in [1.54, 1.807) is 13.8 Å². The zero-order valence-corrected chi connectivity index (χ0v) is 8.21. The largest absolute Gasteiger partial charge is 0.480 e. The van der Waals surface area contributed by atoms with Crippen LogP contribution < -0.4 is 5.09 Å². The lowest BCUT2D eigenvalue weighted by Crippen LogP contribution is -2.33. The Morgan fingerprint density at radius 3 is 2.08 bits per heavy atom. The van der Waals surface area contributed by atoms with E-state index in [0.717, 1.165) is 0 Å². The topological polar surface area (TPSA) is 86.6 Å². The van der Waals surface area contributed by atoms with Crippen LogP contribution in [-0.2, 0) is 9.36 Å². The first kappa shape index (κ1) is 11.6. The molecule has 0 aromatic rings. The summed E-state index contributed by atoms with van der Waals surface area (Å²) < 4.78 is 11.2. The molecule has 5 nitrogen and oxygen atoms in total. The Bertz CT molecular complexity index is 216. The van der Waals surface area contributed by atoms with Crippen LogP contribution in [0, 0.1) is 0 Å². The Morgan fingerprint density at radius 1 is 1.42 bits per heavy atom. The van der Waals surface area contributed by atoms with Crippen molar-refractivity contribution in [1.29, 1.82) is 0 Å². The minimum absolute atomic E-state index is 0.473. The number of rotatable bonds is 4. The SMILES string of the molecule is CC(C)P(=O)(O)N[C@@H](C)C(=O)O. The monoisotopic (exact) mass is 195 g/mol. The Hall–Kier alpha value is -0.380. The molecule has 1 unspecified atom stereocenters. The molecule has 0 saturated heterocycles. The third-order valence-corrected chi connectivity index (χ3v) is 3.61. The summed E-state index contributed by atoms with van der Waals surface area (Å²) >= 11 is 0. The summed E-state index contributed by atoms with van der Waals surface area (Å²) in [5, 5.41) is 10.6. The first-order valence-electron chi connectivity index (χ1n) is 3.60. The molecular formula is C6H14NO4P. The van der Waals surface area contributed by atoms with E-state index < -0.39 is 25.2 Å². The van der Waals surface area contributed by atoms with Crippen LogP contribution in [0.2, 0.25) is 0 Å². The average molecular weight is 195 g/mol. The maximum Gasteiger partial charge on any atom is 0.320 e. The first-order chi connectivity index (χ1) is 5.27. The van der Waals surface area contributed by atoms with Gasteiger partial charge in [-0.15, -0.1) is 0 Å². The smallest absolute Gasteiger partial charge is 0.320 e. The van der Waals surface area contributed by atoms with Gasteiger partial charge in [-0.2, -0.15) is 0 Å². The lowest BCUT2D eigenvalue weighted by molar-refractivity contribution is -0.138. The van der Waals surface area contributed by atoms with Gasteiger partial charge in [0.05, 0.1) is 0 Å². The van der Waals surface area contributed by atoms with Crippen molar-refractivity contribution >= 4 is 13.5 Å². The molecule has 0 aliphatic rings. The van der Waals surface area contributed by atoms with E-state index in [-0.39, 0.29) is 0 Å². The van der Waals surface area contributed by atoms with Gasteiger partial charge in [-0.05, 0) is 6.92 Å². The highest BCUT2D eigenvalue weighted by Gasteiger charge is 2.27. The number of carbonyl (C=O) groups is 1. The molecule has 0 aromatic heterocycles. The molecule has 0 aromatic carbocycles. The molecular weight excluding hydrogens is 181 g/mol. The minimum Gasteiger partial charge on any atom is -0.480 e. The van der Waals surface area contributed by atoms with E-state index in [1.807, 2.05) is 0 Å². The molecule has 0 bridgehead atoms. The van der Waals surface area contributed by atoms with Gasteiger partial charge in [0.1, 0.15) is 6.04 Å². The molecule has 0 rings (SSSR count). The first-order valence-corrected chi connectivity index (χ1v) is 5.33. The number of carboxylic acid groups (broad SMARTS) is 1. The maximum absolute atomic E-state index is 11.2. The molecule has 0 heterocycles. The molecule has 0 fully saturated rings. The van der Waals surface area contributed by atoms with E-state index >= 15 is 0 Å². The highest BCUT2D eigenvalue weighted by atomic mass is 31.2. The molecule has 0 radical (unpaired) electrons. The molecule has 0 saturated carbocycles. The van der Waals surface area contributed by atoms with Crippen molar-refractivity contribution in [3.8, 4) is 0 Å². The van der Waals surface area contributed by atoms with Crippen molar-refractivity contribution in [2.75, 3.05) is 0 Å². The Balaban J connectivity index is 4.25. The number of hydrogen-bond donors (Lipinski definition) is 3. The van der Waals surface area contributed by atoms with Gasteiger partial charge < -0.3 is 10.00 Å². The van der Waals surface area contributed by atoms with Crippen molar-refractivity contribution in [2.24, 2.45) is 0 Å². The van der Waals surface area contributed by atoms with Gasteiger partial charge in [-0.25, -0.2) is 5.09 Å². The fourth-order valence-electron chi connectivity index (χ4n) is 0.482. The predicted octanol–water partition coefficient (Wildman–Crippen LogP) is 0.643. The van der Waals surface area contributed by atoms with E-state index in [9.17, 15) is 14.3 Å². The van der Waals surface area contributed by atoms with E-state index in [0.29, 0.717) is 0 Å². The van der Waals surface area contributed by atoms with Crippen LogP contribution in [0.1, 0.15) is 20.8 Å². The van der Waals surface area contributed by atoms with E-state index in [1.165, 1.54) is 6.92 Å². The van der Waals surface area contributed by atoms with Gasteiger partial charge in [-0.1, -0.05) is 13.8 Å². The summed E-state index contributed by atoms with van der Waals surface area (Å²) in [5.74, 6) is -1.13. The minimum atomic E-state index is -3.51. The third-order valence-electron chi connectivity index (χ3n) is 1.45. The number of hydrogen-bond acceptors (Lipinski definition) is 2. The Labute approximate surface area is 71.3 Å². The fraction of sp³-hybridized carbons (Fsp3) is 0.833. The average Bonchev–Trinajstić information content (AvgIpc) is 1.85. The van der Waals surface area contributed by atoms with Crippen molar-refractivity contribution in [2.45, 2.75) is 32.5 Å². The molecule has 0 amide bonds. The Kier molecular flexibility index (Phi) is 3.90. The maximum atomic E-state index is 11.2. The second-order valence-corrected chi connectivity index (χ2v) is 5.44. The summed E-state index contributed by atoms with van der Waals surface area (Å²) in [4.78, 5) is 19.5. The summed E-state index contributed by atoms with van der Waals surface area (Å²) in [6.07, 6.45) is 0. The fourth-order valence-corrected chi connectivity index (χ4v) is 1.45. The van der Waals surface area contributed by atoms with E-state index in [4.69, 9.17) is 5.11 Å². The van der Waals surface area contributed by atoms with Gasteiger partial charge in [0.25, 0.3) is 7.52 Å². The van der Waals surface area contributed by atoms with Crippen LogP contribution in [-0.4, -0.2) is 27.7 Å². The Morgan fingerprint density at radius 2 is 1.83 bits per heavy atom. The van der Waals surface area contributed by atoms with Gasteiger partial charge >= 0.3 is 5.97 Å². The van der Waals surface area contributed by atoms with E-state index in [2.05, 4.69) is 5.09 Å². The summed E-state index contributed by atoms with van der Waals surface area (Å²) in [7, 11) is -3.51. The lowest BCUT2D eigenvalue weighted by Gasteiger charge is -2.18. The van der Waals surface area contributed by atoms with Gasteiger partial charge in [0, 0.05) is 5.66 Å². The molecule has 72 valence electrons. The molecule has 0 aliphatic heterocycles. The predicted molar refractivity (Wildman–Crippen MR) is 45.2 cm³/mol. The summed E-state index contributed by atoms with van der Waals surface area (Å²) in [6.45, 7) is 4.44. The molecule has 0 aliphatic carbocycles. The zero-order chi connectivity index (χ0) is 9.94. The van der Waals surface area contributed by atoms with Crippen LogP contribution in [0.15, 0.2) is 0 Å². The van der Waals surface area contributed by atoms with Crippen LogP contribution in [0.25, 0.3) is 0 Å². The number of aliphatic carboxylic acids is 1. The molecule has 2 atom stereocenters. The normalized spacial score (nSPS) is 18.8. The van der Waals surface area contributed by atoms with Crippen molar-refractivity contribution in [3.05, 3.63) is 0 Å². The highest BCUT2D eigenvalue weighted by Crippen LogP contribution is 2.41. The van der Waals surface area contributed by atoms with Crippen LogP contribution in [0.5, 0.6) is 0 Å². The van der Waals surface area contributed by atoms with Gasteiger partial charge in [-0.3, -0.25) is 9.36 Å². The molecule has 3 N–H and O–H groups in total. The van der Waals surface area contributed by atoms with Crippen LogP contribution >= 0.6 is 7.52 Å². The van der Waals surface area contributed by atoms with Crippen LogP contribution in [0.3, 0.4) is 0 Å². The van der Waals surface area contributed by atoms with Gasteiger partial charge in [0.2, 0.25) is 0 Å². The van der Waals surface area contributed by atoms with Crippen molar-refractivity contribution in [3.63, 3.8) is 0 Å². The summed E-state index contributed by atoms with van der Waals surface area (Å²) in [6, 6.07) is -0.997. The van der Waals surface area contributed by atoms with Crippen molar-refractivity contribution in [1.82, 2.24) is 5.09 Å². The molecule has 12 heavy (non-hydrogen) atoms. The second-order valence-electron chi connectivity index (χ2n) is 2.91. The van der Waals surface area contributed by atoms with Crippen LogP contribution in [0.4, 0.5) is 0 Å². The quantitative estimate of drug-likeness (QED) is 0.573. The summed E-state index contributed by atoms with van der Waals surface area (Å²) in [5.41, 5.74) is -0.473. The highest BCUT2D eigenvalue weighted by molar-refractivity contribution is 7.56. The number of carboxylic acids is 1. The van der Waals surface area contributed by atoms with Gasteiger partial charge in [0.15, 0.2) is 0 Å². The third kappa shape index (κ3) is 3.34.